The summed E-state index contributed by atoms with van der Waals surface area (Å²) in [6.45, 7) is 0.805. The number of carbonyl (C=O) groups excluding carboxylic acids is 1. The van der Waals surface area contributed by atoms with E-state index < -0.39 is 37.1 Å². The van der Waals surface area contributed by atoms with Crippen LogP contribution in [0.4, 0.5) is 4.79 Å². The molecular weight excluding hydrogens is 422 g/mol. The number of hydrogen-bond donors (Lipinski definition) is 5. The van der Waals surface area contributed by atoms with Crippen molar-refractivity contribution in [2.45, 2.75) is 62.5 Å². The van der Waals surface area contributed by atoms with Crippen LogP contribution in [-0.4, -0.2) is 107 Å². The van der Waals surface area contributed by atoms with Crippen molar-refractivity contribution in [2.75, 3.05) is 33.4 Å². The predicted octanol–water partition coefficient (Wildman–Crippen LogP) is -0.355. The van der Waals surface area contributed by atoms with Gasteiger partial charge in [-0.1, -0.05) is 30.3 Å². The maximum Gasteiger partial charge on any atom is 0.410 e. The first-order valence-corrected chi connectivity index (χ1v) is 10.8. The van der Waals surface area contributed by atoms with Crippen LogP contribution < -0.4 is 0 Å². The summed E-state index contributed by atoms with van der Waals surface area (Å²) in [5, 5.41) is 49.1. The normalized spacial score (nSPS) is 19.8. The summed E-state index contributed by atoms with van der Waals surface area (Å²) in [7, 11) is 1.25. The summed E-state index contributed by atoms with van der Waals surface area (Å²) in [5.41, 5.74) is 0.923. The van der Waals surface area contributed by atoms with E-state index in [2.05, 4.69) is 0 Å². The van der Waals surface area contributed by atoms with E-state index >= 15 is 0 Å². The van der Waals surface area contributed by atoms with Gasteiger partial charge >= 0.3 is 6.09 Å². The van der Waals surface area contributed by atoms with E-state index in [4.69, 9.17) is 19.3 Å². The van der Waals surface area contributed by atoms with Crippen LogP contribution in [0.1, 0.15) is 24.8 Å². The van der Waals surface area contributed by atoms with E-state index in [-0.39, 0.29) is 31.8 Å². The second-order valence-corrected chi connectivity index (χ2v) is 7.88. The molecule has 1 aromatic carbocycles. The van der Waals surface area contributed by atoms with Crippen molar-refractivity contribution >= 4 is 6.09 Å². The molecule has 1 fully saturated rings. The number of carbonyl (C=O) groups is 1. The largest absolute Gasteiger partial charge is 0.445 e. The van der Waals surface area contributed by atoms with Crippen molar-refractivity contribution < 1.29 is 44.5 Å². The van der Waals surface area contributed by atoms with Crippen LogP contribution in [-0.2, 0) is 20.8 Å². The zero-order valence-corrected chi connectivity index (χ0v) is 18.3. The Kier molecular flexibility index (Phi) is 11.3. The lowest BCUT2D eigenvalue weighted by atomic mass is 9.98. The van der Waals surface area contributed by atoms with Gasteiger partial charge in [0, 0.05) is 26.8 Å². The van der Waals surface area contributed by atoms with E-state index in [0.29, 0.717) is 25.9 Å². The molecule has 32 heavy (non-hydrogen) atoms. The molecule has 2 rings (SSSR count). The van der Waals surface area contributed by atoms with Crippen molar-refractivity contribution in [3.05, 3.63) is 35.9 Å². The van der Waals surface area contributed by atoms with Gasteiger partial charge in [-0.25, -0.2) is 4.79 Å². The van der Waals surface area contributed by atoms with Gasteiger partial charge in [0.1, 0.15) is 31.0 Å². The van der Waals surface area contributed by atoms with Crippen LogP contribution in [0.2, 0.25) is 0 Å². The van der Waals surface area contributed by atoms with E-state index in [1.165, 1.54) is 7.11 Å². The van der Waals surface area contributed by atoms with Crippen molar-refractivity contribution in [1.29, 1.82) is 0 Å². The molecule has 0 aromatic heterocycles. The van der Waals surface area contributed by atoms with Crippen LogP contribution in [0.25, 0.3) is 0 Å². The Hall–Kier alpha value is -1.79. The molecule has 5 atom stereocenters. The number of methoxy groups -OCH3 is 1. The fourth-order valence-corrected chi connectivity index (χ4v) is 3.51. The van der Waals surface area contributed by atoms with Crippen LogP contribution >= 0.6 is 0 Å². The Bertz CT molecular complexity index is 650. The molecule has 5 N–H and O–H groups in total. The van der Waals surface area contributed by atoms with E-state index in [1.54, 1.807) is 4.90 Å². The van der Waals surface area contributed by atoms with Crippen LogP contribution in [0.15, 0.2) is 30.3 Å². The lowest BCUT2D eigenvalue weighted by Gasteiger charge is -2.32. The highest BCUT2D eigenvalue weighted by Gasteiger charge is 2.35. The first-order chi connectivity index (χ1) is 15.4. The third-order valence-corrected chi connectivity index (χ3v) is 5.63. The summed E-state index contributed by atoms with van der Waals surface area (Å²) in [6, 6.07) is 9.45. The van der Waals surface area contributed by atoms with Crippen molar-refractivity contribution in [2.24, 2.45) is 0 Å². The molecule has 1 unspecified atom stereocenters. The van der Waals surface area contributed by atoms with Gasteiger partial charge in [0.15, 0.2) is 0 Å². The molecule has 1 amide bonds. The molecule has 1 heterocycles. The minimum Gasteiger partial charge on any atom is -0.445 e. The van der Waals surface area contributed by atoms with Crippen LogP contribution in [0.3, 0.4) is 0 Å². The standard InChI is InChI=1S/C22H35NO9/c1-30-18(13-24)20(27)21(28)19(26)17(25)9-12-31-16-7-10-23(11-8-16)22(29)32-14-15-5-3-2-4-6-15/h2-6,16-21,24-28H,7-14H2,1H3/t17?,18-,19-,20-,21-/m1/s1. The number of likely N-dealkylation sites (tertiary alicyclic amines) is 1. The van der Waals surface area contributed by atoms with Gasteiger partial charge < -0.3 is 44.6 Å². The number of hydrogen-bond acceptors (Lipinski definition) is 9. The molecule has 10 heteroatoms. The third kappa shape index (κ3) is 7.96. The van der Waals surface area contributed by atoms with Gasteiger partial charge in [-0.15, -0.1) is 0 Å². The highest BCUT2D eigenvalue weighted by Crippen LogP contribution is 2.17. The highest BCUT2D eigenvalue weighted by molar-refractivity contribution is 5.67. The minimum absolute atomic E-state index is 0.0427. The number of aliphatic hydroxyl groups is 5. The van der Waals surface area contributed by atoms with E-state index in [0.717, 1.165) is 5.56 Å². The molecule has 0 saturated carbocycles. The Balaban J connectivity index is 1.64. The number of nitrogens with zero attached hydrogens (tertiary/aromatic N) is 1. The van der Waals surface area contributed by atoms with Gasteiger partial charge in [0.05, 0.1) is 18.8 Å². The minimum atomic E-state index is -1.69. The summed E-state index contributed by atoms with van der Waals surface area (Å²) >= 11 is 0. The maximum atomic E-state index is 12.2. The number of rotatable bonds is 12. The number of benzene rings is 1. The molecule has 1 aromatic rings. The van der Waals surface area contributed by atoms with E-state index in [1.807, 2.05) is 30.3 Å². The molecule has 10 nitrogen and oxygen atoms in total. The lowest BCUT2D eigenvalue weighted by molar-refractivity contribution is -0.150. The number of ether oxygens (including phenoxy) is 3. The molecule has 0 bridgehead atoms. The fourth-order valence-electron chi connectivity index (χ4n) is 3.51. The van der Waals surface area contributed by atoms with Gasteiger partial charge in [0.25, 0.3) is 0 Å². The first kappa shape index (κ1) is 26.5. The molecule has 0 aliphatic carbocycles. The highest BCUT2D eigenvalue weighted by atomic mass is 16.6. The quantitative estimate of drug-likeness (QED) is 0.284. The Morgan fingerprint density at radius 3 is 2.31 bits per heavy atom. The summed E-state index contributed by atoms with van der Waals surface area (Å²) < 4.78 is 15.9. The molecule has 0 spiro atoms. The molecule has 0 radical (unpaired) electrons. The Morgan fingerprint density at radius 2 is 1.72 bits per heavy atom. The van der Waals surface area contributed by atoms with Crippen molar-refractivity contribution in [3.63, 3.8) is 0 Å². The van der Waals surface area contributed by atoms with Crippen LogP contribution in [0.5, 0.6) is 0 Å². The Morgan fingerprint density at radius 1 is 1.06 bits per heavy atom. The van der Waals surface area contributed by atoms with Crippen molar-refractivity contribution in [1.82, 2.24) is 4.90 Å². The monoisotopic (exact) mass is 457 g/mol. The maximum absolute atomic E-state index is 12.2. The molecule has 1 aliphatic rings. The summed E-state index contributed by atoms with van der Waals surface area (Å²) in [5.74, 6) is 0. The van der Waals surface area contributed by atoms with Gasteiger partial charge in [0.2, 0.25) is 0 Å². The topological polar surface area (TPSA) is 149 Å². The SMILES string of the molecule is CO[C@H](CO)[C@@H](O)[C@H](O)[C@H](O)C(O)CCOC1CCN(C(=O)OCc2ccccc2)CC1. The smallest absolute Gasteiger partial charge is 0.410 e. The summed E-state index contributed by atoms with van der Waals surface area (Å²) in [4.78, 5) is 13.8. The third-order valence-electron chi connectivity index (χ3n) is 5.63. The second-order valence-electron chi connectivity index (χ2n) is 7.88. The Labute approximate surface area is 187 Å². The van der Waals surface area contributed by atoms with Crippen molar-refractivity contribution in [3.8, 4) is 0 Å². The molecule has 182 valence electrons. The fraction of sp³-hybridized carbons (Fsp3) is 0.682. The first-order valence-electron chi connectivity index (χ1n) is 10.8. The van der Waals surface area contributed by atoms with Gasteiger partial charge in [-0.3, -0.25) is 0 Å². The second kappa shape index (κ2) is 13.7. The number of aliphatic hydroxyl groups excluding tert-OH is 5. The predicted molar refractivity (Wildman–Crippen MR) is 114 cm³/mol. The molecular formula is C22H35NO9. The number of piperidine rings is 1. The molecule has 1 saturated heterocycles. The number of amides is 1. The summed E-state index contributed by atoms with van der Waals surface area (Å²) in [6.07, 6.45) is -6.46. The zero-order chi connectivity index (χ0) is 23.5. The zero-order valence-electron chi connectivity index (χ0n) is 18.3. The average Bonchev–Trinajstić information content (AvgIpc) is 2.83. The molecule has 1 aliphatic heterocycles. The van der Waals surface area contributed by atoms with Crippen LogP contribution in [0, 0.1) is 0 Å². The lowest BCUT2D eigenvalue weighted by Crippen LogP contribution is -2.50. The van der Waals surface area contributed by atoms with E-state index in [9.17, 15) is 25.2 Å². The average molecular weight is 458 g/mol. The van der Waals surface area contributed by atoms with Gasteiger partial charge in [-0.05, 0) is 24.8 Å². The van der Waals surface area contributed by atoms with Gasteiger partial charge in [-0.2, -0.15) is 0 Å².